The number of halogens is 1. The van der Waals surface area contributed by atoms with E-state index in [1.165, 1.54) is 0 Å². The smallest absolute Gasteiger partial charge is 0.0449 e. The molecule has 3 heteroatoms. The first-order valence-corrected chi connectivity index (χ1v) is 8.29. The summed E-state index contributed by atoms with van der Waals surface area (Å²) >= 11 is 0.363. The van der Waals surface area contributed by atoms with Crippen molar-refractivity contribution in [1.29, 1.82) is 0 Å². The van der Waals surface area contributed by atoms with Gasteiger partial charge in [-0.25, -0.2) is 0 Å². The molecule has 0 aromatic heterocycles. The Kier molecular flexibility index (Phi) is 16.8. The Labute approximate surface area is 71.9 Å². The summed E-state index contributed by atoms with van der Waals surface area (Å²) in [5.41, 5.74) is 0. The molecule has 0 aliphatic carbocycles. The van der Waals surface area contributed by atoms with Crippen molar-refractivity contribution in [2.75, 3.05) is 20.0 Å². The molecule has 0 spiro atoms. The van der Waals surface area contributed by atoms with Gasteiger partial charge in [-0.1, -0.05) is 0 Å². The second kappa shape index (κ2) is 11.9. The topological polar surface area (TPSA) is 0 Å². The average molecular weight is 259 g/mol. The largest absolute Gasteiger partial charge is 0.116 e. The van der Waals surface area contributed by atoms with Crippen LogP contribution in [0.1, 0.15) is 0 Å². The number of hydrogen-bond donors (Lipinski definition) is 0. The van der Waals surface area contributed by atoms with E-state index in [4.69, 9.17) is 9.53 Å². The summed E-state index contributed by atoms with van der Waals surface area (Å²) in [6, 6.07) is 0. The summed E-state index contributed by atoms with van der Waals surface area (Å²) < 4.78 is 0. The summed E-state index contributed by atoms with van der Waals surface area (Å²) in [4.78, 5) is 0.968. The van der Waals surface area contributed by atoms with Gasteiger partial charge in [0, 0.05) is 0 Å². The van der Waals surface area contributed by atoms with E-state index in [2.05, 4.69) is 26.6 Å². The van der Waals surface area contributed by atoms with E-state index < -0.39 is 0 Å². The van der Waals surface area contributed by atoms with Gasteiger partial charge in [-0.2, -0.15) is 0 Å². The predicted molar refractivity (Wildman–Crippen MR) is 45.5 cm³/mol. The van der Waals surface area contributed by atoms with Gasteiger partial charge >= 0.3 is 44.0 Å². The normalized spacial score (nSPS) is 8.56. The summed E-state index contributed by atoms with van der Waals surface area (Å²) in [5.74, 6) is 0. The Hall–Kier alpha value is 1.12. The molecule has 0 unspecified atom stereocenters. The summed E-state index contributed by atoms with van der Waals surface area (Å²) in [6.07, 6.45) is 1.82. The monoisotopic (exact) mass is 258 g/mol. The Bertz CT molecular complexity index is 54.3. The standard InChI is InChI=1S/C3H9P.C3H5.ClH.Pd/c1-4(2)3;1-3-2;;/h1-3H3;3H,1-2H2;1H;/q;;;+1/p-1. The van der Waals surface area contributed by atoms with Gasteiger partial charge in [-0.05, 0) is 20.0 Å². The minimum Gasteiger partial charge on any atom is -0.116 e. The molecule has 0 amide bonds. The summed E-state index contributed by atoms with van der Waals surface area (Å²) in [7, 11) is 5.66. The Morgan fingerprint density at radius 3 is 1.89 bits per heavy atom. The number of allylic oxidation sites excluding steroid dienone is 1. The van der Waals surface area contributed by atoms with Crippen LogP contribution in [0.15, 0.2) is 12.7 Å². The zero-order chi connectivity index (χ0) is 7.70. The van der Waals surface area contributed by atoms with Crippen LogP contribution in [0.4, 0.5) is 0 Å². The van der Waals surface area contributed by atoms with Crippen LogP contribution in [0.5, 0.6) is 0 Å². The molecule has 0 nitrogen and oxygen atoms in total. The van der Waals surface area contributed by atoms with Crippen molar-refractivity contribution in [3.63, 3.8) is 0 Å². The van der Waals surface area contributed by atoms with Crippen molar-refractivity contribution >= 4 is 17.5 Å². The van der Waals surface area contributed by atoms with Crippen molar-refractivity contribution in [1.82, 2.24) is 0 Å². The van der Waals surface area contributed by atoms with Gasteiger partial charge in [-0.15, -0.1) is 7.92 Å². The van der Waals surface area contributed by atoms with Crippen molar-refractivity contribution in [2.45, 2.75) is 4.89 Å². The van der Waals surface area contributed by atoms with Crippen LogP contribution in [0.2, 0.25) is 4.89 Å². The van der Waals surface area contributed by atoms with Crippen molar-refractivity contribution in [3.8, 4) is 0 Å². The Morgan fingerprint density at radius 1 is 1.56 bits per heavy atom. The van der Waals surface area contributed by atoms with Gasteiger partial charge < -0.3 is 0 Å². The van der Waals surface area contributed by atoms with Crippen molar-refractivity contribution in [3.05, 3.63) is 12.7 Å². The zero-order valence-corrected chi connectivity index (χ0v) is 9.34. The molecule has 0 saturated carbocycles. The summed E-state index contributed by atoms with van der Waals surface area (Å²) in [6.45, 7) is 10.2. The first-order valence-electron chi connectivity index (χ1n) is 2.50. The Morgan fingerprint density at radius 2 is 1.89 bits per heavy atom. The van der Waals surface area contributed by atoms with Gasteiger partial charge in [0.25, 0.3) is 0 Å². The molecular weight excluding hydrogens is 245 g/mol. The third-order valence-corrected chi connectivity index (χ3v) is 1.41. The third-order valence-electron chi connectivity index (χ3n) is 0.140. The minimum absolute atomic E-state index is 0.363. The van der Waals surface area contributed by atoms with E-state index in [-0.39, 0.29) is 0 Å². The van der Waals surface area contributed by atoms with E-state index in [1.54, 1.807) is 0 Å². The molecule has 0 rings (SSSR count). The molecule has 0 bridgehead atoms. The maximum Gasteiger partial charge on any atom is -0.0449 e. The van der Waals surface area contributed by atoms with Crippen LogP contribution in [0, 0.1) is 0 Å². The van der Waals surface area contributed by atoms with E-state index in [9.17, 15) is 0 Å². The average Bonchev–Trinajstić information content (AvgIpc) is 1.66. The fourth-order valence-corrected chi connectivity index (χ4v) is 0.612. The van der Waals surface area contributed by atoms with Gasteiger partial charge in [0.1, 0.15) is 0 Å². The molecule has 0 aliphatic heterocycles. The molecule has 0 aromatic carbocycles. The molecular formula is C6H14ClPPd. The van der Waals surface area contributed by atoms with E-state index >= 15 is 0 Å². The maximum absolute atomic E-state index is 5.28. The fraction of sp³-hybridized carbons (Fsp3) is 0.667. The van der Waals surface area contributed by atoms with Crippen LogP contribution in [-0.4, -0.2) is 20.0 Å². The van der Waals surface area contributed by atoms with Crippen molar-refractivity contribution < 1.29 is 17.0 Å². The SMILES string of the molecule is C=C[CH2][Pd][Cl].CP(C)C. The first-order chi connectivity index (χ1) is 4.15. The number of rotatable bonds is 2. The molecule has 0 heterocycles. The van der Waals surface area contributed by atoms with E-state index in [0.717, 1.165) is 4.89 Å². The van der Waals surface area contributed by atoms with Crippen LogP contribution in [-0.2, 0) is 17.0 Å². The minimum atomic E-state index is 0.363. The second-order valence-electron chi connectivity index (χ2n) is 1.84. The number of hydrogen-bond acceptors (Lipinski definition) is 0. The molecule has 0 fully saturated rings. The molecule has 0 aromatic rings. The van der Waals surface area contributed by atoms with E-state index in [1.807, 2.05) is 6.08 Å². The van der Waals surface area contributed by atoms with Gasteiger partial charge in [-0.3, -0.25) is 0 Å². The van der Waals surface area contributed by atoms with E-state index in [0.29, 0.717) is 24.9 Å². The van der Waals surface area contributed by atoms with Crippen LogP contribution in [0.25, 0.3) is 0 Å². The van der Waals surface area contributed by atoms with Crippen LogP contribution < -0.4 is 0 Å². The summed E-state index contributed by atoms with van der Waals surface area (Å²) in [5, 5.41) is 0. The predicted octanol–water partition coefficient (Wildman–Crippen LogP) is 3.18. The molecule has 0 atom stereocenters. The quantitative estimate of drug-likeness (QED) is 0.406. The second-order valence-corrected chi connectivity index (χ2v) is 6.58. The van der Waals surface area contributed by atoms with Gasteiger partial charge in [0.2, 0.25) is 0 Å². The van der Waals surface area contributed by atoms with Gasteiger partial charge in [0.15, 0.2) is 0 Å². The zero-order valence-electron chi connectivity index (χ0n) is 6.13. The molecule has 60 valence electrons. The van der Waals surface area contributed by atoms with Crippen molar-refractivity contribution in [2.24, 2.45) is 0 Å². The molecule has 9 heavy (non-hydrogen) atoms. The third kappa shape index (κ3) is 47.5. The molecule has 0 saturated heterocycles. The maximum atomic E-state index is 5.28. The molecule has 0 radical (unpaired) electrons. The molecule has 0 N–H and O–H groups in total. The fourth-order valence-electron chi connectivity index (χ4n) is 0.0345. The molecule has 0 aliphatic rings. The first kappa shape index (κ1) is 12.8. The van der Waals surface area contributed by atoms with Gasteiger partial charge in [0.05, 0.1) is 0 Å². The Balaban J connectivity index is 0. The van der Waals surface area contributed by atoms with Crippen LogP contribution >= 0.6 is 17.5 Å². The van der Waals surface area contributed by atoms with Crippen LogP contribution in [0.3, 0.4) is 0 Å².